The summed E-state index contributed by atoms with van der Waals surface area (Å²) in [5.41, 5.74) is 3.19. The van der Waals surface area contributed by atoms with E-state index >= 15 is 0 Å². The van der Waals surface area contributed by atoms with Crippen molar-refractivity contribution in [3.8, 4) is 23.9 Å². The van der Waals surface area contributed by atoms with Crippen molar-refractivity contribution >= 4 is 27.5 Å². The molecule has 0 fully saturated rings. The van der Waals surface area contributed by atoms with Crippen molar-refractivity contribution in [2.24, 2.45) is 0 Å². The first-order valence-corrected chi connectivity index (χ1v) is 8.57. The van der Waals surface area contributed by atoms with Gasteiger partial charge in [0.1, 0.15) is 23.9 Å². The number of rotatable bonds is 3. The van der Waals surface area contributed by atoms with Crippen LogP contribution in [0.25, 0.3) is 27.5 Å². The van der Waals surface area contributed by atoms with Crippen LogP contribution in [0, 0.1) is 34.0 Å². The van der Waals surface area contributed by atoms with E-state index in [1.165, 1.54) is 0 Å². The van der Waals surface area contributed by atoms with Crippen LogP contribution >= 0.6 is 0 Å². The van der Waals surface area contributed by atoms with E-state index in [4.69, 9.17) is 10.5 Å². The highest BCUT2D eigenvalue weighted by atomic mass is 15.0. The topological polar surface area (TPSA) is 88.3 Å². The lowest BCUT2D eigenvalue weighted by atomic mass is 10.2. The lowest BCUT2D eigenvalue weighted by Gasteiger charge is -2.14. The second-order valence-electron chi connectivity index (χ2n) is 6.10. The summed E-state index contributed by atoms with van der Waals surface area (Å²) in [5.74, 6) is 0. The maximum absolute atomic E-state index is 9.41. The van der Waals surface area contributed by atoms with Crippen LogP contribution in [0.5, 0.6) is 0 Å². The van der Waals surface area contributed by atoms with Crippen molar-refractivity contribution in [2.45, 2.75) is 0 Å². The van der Waals surface area contributed by atoms with E-state index in [0.717, 1.165) is 27.5 Å². The van der Waals surface area contributed by atoms with Crippen LogP contribution in [0.2, 0.25) is 0 Å². The summed E-state index contributed by atoms with van der Waals surface area (Å²) in [6.07, 6.45) is 0. The van der Waals surface area contributed by atoms with Crippen molar-refractivity contribution in [3.63, 3.8) is 0 Å². The minimum absolute atomic E-state index is 0.0711. The molecule has 28 heavy (non-hydrogen) atoms. The SMILES string of the molecule is N#CC(C#N)=C(C#N)Nc1ccccc1-n1c2ccccc2c2ccccc21. The molecular weight excluding hydrogens is 346 g/mol. The fourth-order valence-corrected chi connectivity index (χ4v) is 3.37. The fourth-order valence-electron chi connectivity index (χ4n) is 3.37. The van der Waals surface area contributed by atoms with Gasteiger partial charge in [0.15, 0.2) is 5.57 Å². The Kier molecular flexibility index (Phi) is 4.23. The van der Waals surface area contributed by atoms with Gasteiger partial charge in [-0.05, 0) is 24.3 Å². The number of nitrogens with one attached hydrogen (secondary N) is 1. The maximum Gasteiger partial charge on any atom is 0.163 e. The number of aromatic nitrogens is 1. The molecule has 0 aliphatic rings. The predicted molar refractivity (Wildman–Crippen MR) is 108 cm³/mol. The molecule has 4 aromatic rings. The van der Waals surface area contributed by atoms with Gasteiger partial charge in [-0.1, -0.05) is 48.5 Å². The molecule has 0 radical (unpaired) electrons. The predicted octanol–water partition coefficient (Wildman–Crippen LogP) is 5.02. The normalized spacial score (nSPS) is 10.0. The molecule has 0 saturated carbocycles. The zero-order chi connectivity index (χ0) is 19.5. The summed E-state index contributed by atoms with van der Waals surface area (Å²) in [5, 5.41) is 32.9. The van der Waals surface area contributed by atoms with Crippen LogP contribution in [0.15, 0.2) is 84.1 Å². The van der Waals surface area contributed by atoms with E-state index in [1.807, 2.05) is 66.7 Å². The van der Waals surface area contributed by atoms with Crippen molar-refractivity contribution in [2.75, 3.05) is 5.32 Å². The summed E-state index contributed by atoms with van der Waals surface area (Å²) >= 11 is 0. The second kappa shape index (κ2) is 7.00. The third-order valence-electron chi connectivity index (χ3n) is 4.57. The molecule has 0 unspecified atom stereocenters. The van der Waals surface area contributed by atoms with Gasteiger partial charge in [-0.2, -0.15) is 15.8 Å². The van der Waals surface area contributed by atoms with E-state index in [0.29, 0.717) is 5.69 Å². The van der Waals surface area contributed by atoms with E-state index in [-0.39, 0.29) is 11.3 Å². The lowest BCUT2D eigenvalue weighted by molar-refractivity contribution is 1.17. The number of hydrogen-bond acceptors (Lipinski definition) is 4. The Morgan fingerprint density at radius 1 is 0.679 bits per heavy atom. The Morgan fingerprint density at radius 3 is 1.79 bits per heavy atom. The average molecular weight is 359 g/mol. The number of allylic oxidation sites excluding steroid dienone is 2. The van der Waals surface area contributed by atoms with Gasteiger partial charge in [0.05, 0.1) is 22.4 Å². The largest absolute Gasteiger partial charge is 0.343 e. The monoisotopic (exact) mass is 359 g/mol. The number of hydrogen-bond donors (Lipinski definition) is 1. The van der Waals surface area contributed by atoms with Crippen LogP contribution in [0.3, 0.4) is 0 Å². The summed E-state index contributed by atoms with van der Waals surface area (Å²) < 4.78 is 2.11. The Hall–Kier alpha value is -4.53. The van der Waals surface area contributed by atoms with Crippen molar-refractivity contribution in [1.82, 2.24) is 4.57 Å². The van der Waals surface area contributed by atoms with Gasteiger partial charge in [-0.15, -0.1) is 0 Å². The molecule has 0 aliphatic carbocycles. The Morgan fingerprint density at radius 2 is 1.21 bits per heavy atom. The highest BCUT2D eigenvalue weighted by molar-refractivity contribution is 6.09. The molecule has 5 nitrogen and oxygen atoms in total. The third kappa shape index (κ3) is 2.63. The van der Waals surface area contributed by atoms with Crippen molar-refractivity contribution < 1.29 is 0 Å². The minimum Gasteiger partial charge on any atom is -0.343 e. The average Bonchev–Trinajstić information content (AvgIpc) is 3.08. The number of benzene rings is 3. The van der Waals surface area contributed by atoms with Crippen LogP contribution < -0.4 is 5.32 Å². The molecule has 4 rings (SSSR count). The third-order valence-corrected chi connectivity index (χ3v) is 4.57. The number of nitriles is 3. The standard InChI is InChI=1S/C23H13N5/c24-13-16(14-25)20(15-26)27-19-9-3-6-12-23(19)28-21-10-4-1-7-17(21)18-8-2-5-11-22(18)28/h1-12,27H. The molecule has 5 heteroatoms. The molecule has 0 amide bonds. The summed E-state index contributed by atoms with van der Waals surface area (Å²) in [6.45, 7) is 0. The van der Waals surface area contributed by atoms with Gasteiger partial charge in [-0.3, -0.25) is 0 Å². The minimum atomic E-state index is -0.250. The maximum atomic E-state index is 9.41. The van der Waals surface area contributed by atoms with Crippen LogP contribution in [0.1, 0.15) is 0 Å². The second-order valence-corrected chi connectivity index (χ2v) is 6.10. The first-order valence-electron chi connectivity index (χ1n) is 8.57. The van der Waals surface area contributed by atoms with Crippen molar-refractivity contribution in [1.29, 1.82) is 15.8 Å². The van der Waals surface area contributed by atoms with E-state index in [2.05, 4.69) is 22.0 Å². The molecule has 130 valence electrons. The molecule has 1 heterocycles. The number of fused-ring (bicyclic) bond motifs is 3. The molecule has 0 bridgehead atoms. The summed E-state index contributed by atoms with van der Waals surface area (Å²) in [4.78, 5) is 0. The molecule has 0 atom stereocenters. The molecular formula is C23H13N5. The number of nitrogens with zero attached hydrogens (tertiary/aromatic N) is 4. The van der Waals surface area contributed by atoms with Crippen LogP contribution in [-0.4, -0.2) is 4.57 Å². The van der Waals surface area contributed by atoms with E-state index in [1.54, 1.807) is 12.1 Å². The van der Waals surface area contributed by atoms with Crippen LogP contribution in [-0.2, 0) is 0 Å². The van der Waals surface area contributed by atoms with Gasteiger partial charge < -0.3 is 9.88 Å². The molecule has 1 N–H and O–H groups in total. The van der Waals surface area contributed by atoms with E-state index in [9.17, 15) is 5.26 Å². The Balaban J connectivity index is 2.01. The Bertz CT molecular complexity index is 1300. The van der Waals surface area contributed by atoms with Crippen LogP contribution in [0.4, 0.5) is 5.69 Å². The highest BCUT2D eigenvalue weighted by Crippen LogP contribution is 2.34. The quantitative estimate of drug-likeness (QED) is 0.520. The molecule has 0 spiro atoms. The van der Waals surface area contributed by atoms with Crippen molar-refractivity contribution in [3.05, 3.63) is 84.1 Å². The zero-order valence-corrected chi connectivity index (χ0v) is 14.7. The Labute approximate surface area is 161 Å². The van der Waals surface area contributed by atoms with Gasteiger partial charge in [0.25, 0.3) is 0 Å². The fraction of sp³-hybridized carbons (Fsp3) is 0. The smallest absolute Gasteiger partial charge is 0.163 e. The first kappa shape index (κ1) is 16.9. The van der Waals surface area contributed by atoms with Gasteiger partial charge in [-0.25, -0.2) is 0 Å². The molecule has 0 saturated heterocycles. The van der Waals surface area contributed by atoms with E-state index < -0.39 is 0 Å². The first-order chi connectivity index (χ1) is 13.8. The zero-order valence-electron chi connectivity index (χ0n) is 14.7. The molecule has 3 aromatic carbocycles. The summed E-state index contributed by atoms with van der Waals surface area (Å²) in [6, 6.07) is 29.2. The summed E-state index contributed by atoms with van der Waals surface area (Å²) in [7, 11) is 0. The van der Waals surface area contributed by atoms with Gasteiger partial charge in [0.2, 0.25) is 0 Å². The van der Waals surface area contributed by atoms with Gasteiger partial charge >= 0.3 is 0 Å². The highest BCUT2D eigenvalue weighted by Gasteiger charge is 2.15. The lowest BCUT2D eigenvalue weighted by Crippen LogP contribution is -2.05. The molecule has 1 aromatic heterocycles. The number of para-hydroxylation sites is 4. The number of anilines is 1. The van der Waals surface area contributed by atoms with Gasteiger partial charge in [0, 0.05) is 10.8 Å². The molecule has 0 aliphatic heterocycles.